The van der Waals surface area contributed by atoms with E-state index in [-0.39, 0.29) is 17.1 Å². The topological polar surface area (TPSA) is 76.9 Å². The molecule has 0 saturated heterocycles. The molecule has 1 heterocycles. The Hall–Kier alpha value is -1.37. The van der Waals surface area contributed by atoms with E-state index in [2.05, 4.69) is 15.6 Å². The van der Waals surface area contributed by atoms with Crippen LogP contribution in [-0.2, 0) is 16.1 Å². The molecule has 2 unspecified atom stereocenters. The fraction of sp³-hybridized carbons (Fsp3) is 0.636. The number of carbonyl (C=O) groups excluding carboxylic acids is 2. The first kappa shape index (κ1) is 13.1. The molecule has 1 saturated carbocycles. The van der Waals surface area contributed by atoms with Gasteiger partial charge in [0.2, 0.25) is 5.91 Å². The van der Waals surface area contributed by atoms with Gasteiger partial charge in [0.05, 0.1) is 18.8 Å². The fourth-order valence-corrected chi connectivity index (χ4v) is 2.97. The van der Waals surface area contributed by atoms with E-state index >= 15 is 0 Å². The van der Waals surface area contributed by atoms with Crippen molar-refractivity contribution in [2.24, 2.45) is 0 Å². The second-order valence-corrected chi connectivity index (χ2v) is 5.81. The third-order valence-electron chi connectivity index (χ3n) is 2.91. The number of nitrogens with one attached hydrogen (secondary N) is 1. The second-order valence-electron chi connectivity index (χ2n) is 4.39. The minimum atomic E-state index is -0.0850. The minimum Gasteiger partial charge on any atom is -0.351 e. The van der Waals surface area contributed by atoms with Crippen molar-refractivity contribution >= 4 is 22.8 Å². The molecular weight excluding hydrogens is 252 g/mol. The van der Waals surface area contributed by atoms with Crippen molar-refractivity contribution in [1.82, 2.24) is 20.3 Å². The largest absolute Gasteiger partial charge is 0.351 e. The number of nitrogens with zero attached hydrogens (tertiary/aromatic N) is 3. The average molecular weight is 268 g/mol. The second kappa shape index (κ2) is 5.51. The van der Waals surface area contributed by atoms with Gasteiger partial charge in [0, 0.05) is 19.1 Å². The molecule has 98 valence electrons. The lowest BCUT2D eigenvalue weighted by molar-refractivity contribution is -0.119. The van der Waals surface area contributed by atoms with Crippen molar-refractivity contribution < 1.29 is 9.59 Å². The highest BCUT2D eigenvalue weighted by Gasteiger charge is 2.34. The van der Waals surface area contributed by atoms with Crippen molar-refractivity contribution in [3.63, 3.8) is 0 Å². The summed E-state index contributed by atoms with van der Waals surface area (Å²) in [7, 11) is 0. The molecule has 7 heteroatoms. The van der Waals surface area contributed by atoms with E-state index in [0.717, 1.165) is 18.5 Å². The summed E-state index contributed by atoms with van der Waals surface area (Å²) in [5.74, 6) is -0.0850. The highest BCUT2D eigenvalue weighted by atomic mass is 32.2. The Morgan fingerprint density at radius 3 is 2.83 bits per heavy atom. The van der Waals surface area contributed by atoms with Crippen LogP contribution >= 0.6 is 11.8 Å². The third-order valence-corrected chi connectivity index (χ3v) is 4.09. The first-order chi connectivity index (χ1) is 8.56. The van der Waals surface area contributed by atoms with E-state index in [9.17, 15) is 9.59 Å². The molecule has 1 amide bonds. The van der Waals surface area contributed by atoms with Crippen LogP contribution < -0.4 is 5.32 Å². The molecule has 0 aromatic carbocycles. The molecule has 18 heavy (non-hydrogen) atoms. The van der Waals surface area contributed by atoms with Gasteiger partial charge >= 0.3 is 0 Å². The van der Waals surface area contributed by atoms with Gasteiger partial charge in [-0.15, -0.1) is 5.10 Å². The van der Waals surface area contributed by atoms with Gasteiger partial charge in [-0.3, -0.25) is 9.59 Å². The van der Waals surface area contributed by atoms with Crippen molar-refractivity contribution in [2.75, 3.05) is 0 Å². The predicted molar refractivity (Wildman–Crippen MR) is 67.9 cm³/mol. The SMILES string of the molecule is CC(=O)NCc1cn(C2CCC2SC(C)=O)nn1. The molecule has 0 radical (unpaired) electrons. The van der Waals surface area contributed by atoms with E-state index in [1.54, 1.807) is 11.6 Å². The Balaban J connectivity index is 1.93. The molecule has 2 rings (SSSR count). The summed E-state index contributed by atoms with van der Waals surface area (Å²) in [6, 6.07) is 0.248. The molecule has 2 atom stereocenters. The molecule has 1 aliphatic rings. The summed E-state index contributed by atoms with van der Waals surface area (Å²) in [6.07, 6.45) is 3.90. The van der Waals surface area contributed by atoms with E-state index in [1.807, 2.05) is 6.20 Å². The molecule has 0 bridgehead atoms. The van der Waals surface area contributed by atoms with Crippen molar-refractivity contribution in [3.05, 3.63) is 11.9 Å². The maximum absolute atomic E-state index is 11.1. The van der Waals surface area contributed by atoms with E-state index in [4.69, 9.17) is 0 Å². The highest BCUT2D eigenvalue weighted by Crippen LogP contribution is 2.40. The van der Waals surface area contributed by atoms with Crippen molar-refractivity contribution in [1.29, 1.82) is 0 Å². The first-order valence-electron chi connectivity index (χ1n) is 5.88. The Morgan fingerprint density at radius 1 is 1.50 bits per heavy atom. The Bertz CT molecular complexity index is 460. The number of hydrogen-bond donors (Lipinski definition) is 1. The Labute approximate surface area is 110 Å². The number of aromatic nitrogens is 3. The van der Waals surface area contributed by atoms with Crippen LogP contribution in [0.25, 0.3) is 0 Å². The molecule has 1 aromatic heterocycles. The van der Waals surface area contributed by atoms with Crippen molar-refractivity contribution in [2.45, 2.75) is 44.5 Å². The van der Waals surface area contributed by atoms with E-state index in [1.165, 1.54) is 18.7 Å². The maximum Gasteiger partial charge on any atom is 0.217 e. The van der Waals surface area contributed by atoms with Gasteiger partial charge < -0.3 is 5.32 Å². The fourth-order valence-electron chi connectivity index (χ4n) is 1.88. The van der Waals surface area contributed by atoms with Crippen LogP contribution in [-0.4, -0.2) is 31.3 Å². The molecule has 1 N–H and O–H groups in total. The Morgan fingerprint density at radius 2 is 2.28 bits per heavy atom. The molecule has 6 nitrogen and oxygen atoms in total. The van der Waals surface area contributed by atoms with Gasteiger partial charge in [0.1, 0.15) is 5.69 Å². The zero-order valence-corrected chi connectivity index (χ0v) is 11.2. The van der Waals surface area contributed by atoms with Crippen LogP contribution in [0.4, 0.5) is 0 Å². The number of carbonyl (C=O) groups is 2. The summed E-state index contributed by atoms with van der Waals surface area (Å²) >= 11 is 1.37. The molecular formula is C11H16N4O2S. The lowest BCUT2D eigenvalue weighted by Gasteiger charge is -2.34. The summed E-state index contributed by atoms with van der Waals surface area (Å²) < 4.78 is 1.81. The van der Waals surface area contributed by atoms with Gasteiger partial charge in [-0.05, 0) is 12.8 Å². The zero-order valence-electron chi connectivity index (χ0n) is 10.4. The first-order valence-corrected chi connectivity index (χ1v) is 6.76. The zero-order chi connectivity index (χ0) is 13.1. The number of rotatable bonds is 4. The average Bonchev–Trinajstić information content (AvgIpc) is 2.70. The van der Waals surface area contributed by atoms with Gasteiger partial charge in [0.25, 0.3) is 0 Å². The van der Waals surface area contributed by atoms with Crippen LogP contribution in [0.3, 0.4) is 0 Å². The quantitative estimate of drug-likeness (QED) is 0.878. The normalized spacial score (nSPS) is 22.3. The summed E-state index contributed by atoms with van der Waals surface area (Å²) in [6.45, 7) is 3.45. The van der Waals surface area contributed by atoms with Crippen LogP contribution in [0.15, 0.2) is 6.20 Å². The van der Waals surface area contributed by atoms with Crippen molar-refractivity contribution in [3.8, 4) is 0 Å². The van der Waals surface area contributed by atoms with E-state index in [0.29, 0.717) is 11.8 Å². The lowest BCUT2D eigenvalue weighted by atomic mass is 9.92. The summed E-state index contributed by atoms with van der Waals surface area (Å²) in [5, 5.41) is 11.2. The number of hydrogen-bond acceptors (Lipinski definition) is 5. The van der Waals surface area contributed by atoms with Gasteiger partial charge in [-0.1, -0.05) is 17.0 Å². The van der Waals surface area contributed by atoms with Gasteiger partial charge in [-0.2, -0.15) is 0 Å². The predicted octanol–water partition coefficient (Wildman–Crippen LogP) is 0.897. The molecule has 0 aliphatic heterocycles. The number of thioether (sulfide) groups is 1. The van der Waals surface area contributed by atoms with Gasteiger partial charge in [0.15, 0.2) is 5.12 Å². The van der Waals surface area contributed by atoms with E-state index < -0.39 is 0 Å². The third kappa shape index (κ3) is 3.10. The standard InChI is InChI=1S/C11H16N4O2S/c1-7(16)12-5-9-6-15(14-13-9)10-3-4-11(10)18-8(2)17/h6,10-11H,3-5H2,1-2H3,(H,12,16). The summed E-state index contributed by atoms with van der Waals surface area (Å²) in [4.78, 5) is 21.9. The minimum absolute atomic E-state index is 0.0850. The highest BCUT2D eigenvalue weighted by molar-refractivity contribution is 8.14. The van der Waals surface area contributed by atoms with Gasteiger partial charge in [-0.25, -0.2) is 4.68 Å². The lowest BCUT2D eigenvalue weighted by Crippen LogP contribution is -2.32. The molecule has 1 aliphatic carbocycles. The van der Waals surface area contributed by atoms with Crippen LogP contribution in [0.2, 0.25) is 0 Å². The van der Waals surface area contributed by atoms with Crippen LogP contribution in [0, 0.1) is 0 Å². The smallest absolute Gasteiger partial charge is 0.217 e. The molecule has 0 spiro atoms. The van der Waals surface area contributed by atoms with Crippen LogP contribution in [0.5, 0.6) is 0 Å². The molecule has 1 aromatic rings. The Kier molecular flexibility index (Phi) is 4.00. The molecule has 1 fully saturated rings. The number of amides is 1. The van der Waals surface area contributed by atoms with Crippen LogP contribution in [0.1, 0.15) is 38.4 Å². The maximum atomic E-state index is 11.1. The monoisotopic (exact) mass is 268 g/mol. The summed E-state index contributed by atoms with van der Waals surface area (Å²) in [5.41, 5.74) is 0.740.